The highest BCUT2D eigenvalue weighted by molar-refractivity contribution is 8.00. The lowest BCUT2D eigenvalue weighted by molar-refractivity contribution is -0.141. The zero-order valence-electron chi connectivity index (χ0n) is 10.8. The number of esters is 1. The van der Waals surface area contributed by atoms with Gasteiger partial charge in [0.1, 0.15) is 0 Å². The molecule has 0 heterocycles. The van der Waals surface area contributed by atoms with Gasteiger partial charge in [0.25, 0.3) is 0 Å². The van der Waals surface area contributed by atoms with E-state index in [-0.39, 0.29) is 0 Å². The molecular formula is C12H7F6NO2S. The van der Waals surface area contributed by atoms with Gasteiger partial charge in [0.15, 0.2) is 0 Å². The summed E-state index contributed by atoms with van der Waals surface area (Å²) in [4.78, 5) is 10.5. The molecule has 0 N–H and O–H groups in total. The van der Waals surface area contributed by atoms with Gasteiger partial charge < -0.3 is 4.74 Å². The van der Waals surface area contributed by atoms with Crippen LogP contribution in [0.1, 0.15) is 16.7 Å². The van der Waals surface area contributed by atoms with Crippen LogP contribution in [-0.2, 0) is 22.1 Å². The van der Waals surface area contributed by atoms with Crippen molar-refractivity contribution in [2.45, 2.75) is 23.0 Å². The standard InChI is InChI=1S/C12H7F6NO2S/c1-21-9(20)4-6-2-8(22-12(16,17)18)3-7(5-19)10(6)11(13,14)15/h2-3H,4H2,1H3. The molecule has 10 heteroatoms. The third-order valence-electron chi connectivity index (χ3n) is 2.39. The zero-order valence-corrected chi connectivity index (χ0v) is 11.6. The van der Waals surface area contributed by atoms with Gasteiger partial charge in [-0.25, -0.2) is 0 Å². The fraction of sp³-hybridized carbons (Fsp3) is 0.333. The molecule has 0 spiro atoms. The Morgan fingerprint density at radius 1 is 1.27 bits per heavy atom. The average Bonchev–Trinajstić information content (AvgIpc) is 2.34. The molecule has 1 rings (SSSR count). The number of halogens is 6. The molecular weight excluding hydrogens is 336 g/mol. The Bertz CT molecular complexity index is 618. The quantitative estimate of drug-likeness (QED) is 0.474. The highest BCUT2D eigenvalue weighted by Crippen LogP contribution is 2.41. The van der Waals surface area contributed by atoms with Gasteiger partial charge in [-0.15, -0.1) is 0 Å². The summed E-state index contributed by atoms with van der Waals surface area (Å²) in [6.07, 6.45) is -5.89. The van der Waals surface area contributed by atoms with E-state index in [1.807, 2.05) is 0 Å². The Kier molecular flexibility index (Phi) is 5.35. The maximum Gasteiger partial charge on any atom is 0.446 e. The van der Waals surface area contributed by atoms with Crippen LogP contribution in [0.2, 0.25) is 0 Å². The minimum atomic E-state index is -4.99. The second-order valence-electron chi connectivity index (χ2n) is 3.92. The van der Waals surface area contributed by atoms with E-state index in [0.717, 1.165) is 7.11 Å². The summed E-state index contributed by atoms with van der Waals surface area (Å²) in [6, 6.07) is 2.28. The molecule has 0 bridgehead atoms. The summed E-state index contributed by atoms with van der Waals surface area (Å²) in [5, 5.41) is 8.76. The number of thioether (sulfide) groups is 1. The van der Waals surface area contributed by atoms with Crippen molar-refractivity contribution in [3.05, 3.63) is 28.8 Å². The van der Waals surface area contributed by atoms with E-state index in [4.69, 9.17) is 5.26 Å². The number of ether oxygens (including phenoxy) is 1. The average molecular weight is 343 g/mol. The number of carbonyl (C=O) groups excluding carboxylic acids is 1. The van der Waals surface area contributed by atoms with Crippen LogP contribution in [0, 0.1) is 11.3 Å². The SMILES string of the molecule is COC(=O)Cc1cc(SC(F)(F)F)cc(C#N)c1C(F)(F)F. The number of benzene rings is 1. The number of hydrogen-bond acceptors (Lipinski definition) is 4. The van der Waals surface area contributed by atoms with Gasteiger partial charge in [-0.1, -0.05) is 0 Å². The molecule has 0 radical (unpaired) electrons. The monoisotopic (exact) mass is 343 g/mol. The van der Waals surface area contributed by atoms with E-state index < -0.39 is 57.4 Å². The van der Waals surface area contributed by atoms with Gasteiger partial charge in [-0.3, -0.25) is 4.79 Å². The van der Waals surface area contributed by atoms with Crippen LogP contribution < -0.4 is 0 Å². The maximum absolute atomic E-state index is 13.0. The van der Waals surface area contributed by atoms with E-state index in [0.29, 0.717) is 12.1 Å². The molecule has 0 saturated heterocycles. The van der Waals surface area contributed by atoms with E-state index in [9.17, 15) is 31.1 Å². The Morgan fingerprint density at radius 3 is 2.27 bits per heavy atom. The summed E-state index contributed by atoms with van der Waals surface area (Å²) in [5.74, 6) is -1.07. The van der Waals surface area contributed by atoms with Crippen molar-refractivity contribution >= 4 is 17.7 Å². The molecule has 0 amide bonds. The molecule has 0 atom stereocenters. The van der Waals surface area contributed by atoms with Gasteiger partial charge in [0.05, 0.1) is 30.7 Å². The number of alkyl halides is 6. The zero-order chi connectivity index (χ0) is 17.1. The third-order valence-corrected chi connectivity index (χ3v) is 3.10. The first-order valence-corrected chi connectivity index (χ1v) is 6.26. The number of rotatable bonds is 3. The number of hydrogen-bond donors (Lipinski definition) is 0. The number of nitriles is 1. The van der Waals surface area contributed by atoms with E-state index in [1.54, 1.807) is 0 Å². The van der Waals surface area contributed by atoms with Crippen molar-refractivity contribution < 1.29 is 35.9 Å². The summed E-state index contributed by atoms with van der Waals surface area (Å²) in [6.45, 7) is 0. The van der Waals surface area contributed by atoms with Crippen molar-refractivity contribution in [1.82, 2.24) is 0 Å². The first-order chi connectivity index (χ1) is 9.97. The van der Waals surface area contributed by atoms with Gasteiger partial charge in [0.2, 0.25) is 0 Å². The number of nitrogens with zero attached hydrogens (tertiary/aromatic N) is 1. The Balaban J connectivity index is 3.49. The molecule has 0 fully saturated rings. The summed E-state index contributed by atoms with van der Waals surface area (Å²) >= 11 is -0.672. The maximum atomic E-state index is 13.0. The molecule has 0 saturated carbocycles. The molecule has 22 heavy (non-hydrogen) atoms. The molecule has 0 aromatic heterocycles. The van der Waals surface area contributed by atoms with Gasteiger partial charge >= 0.3 is 17.7 Å². The normalized spacial score (nSPS) is 11.9. The number of carbonyl (C=O) groups is 1. The first-order valence-electron chi connectivity index (χ1n) is 5.44. The molecule has 1 aromatic rings. The first kappa shape index (κ1) is 18.2. The largest absolute Gasteiger partial charge is 0.469 e. The molecule has 0 aliphatic carbocycles. The van der Waals surface area contributed by atoms with Gasteiger partial charge in [0, 0.05) is 4.90 Å². The topological polar surface area (TPSA) is 50.1 Å². The van der Waals surface area contributed by atoms with E-state index in [2.05, 4.69) is 4.74 Å². The number of methoxy groups -OCH3 is 1. The van der Waals surface area contributed by atoms with Crippen LogP contribution in [-0.4, -0.2) is 18.6 Å². The van der Waals surface area contributed by atoms with Crippen molar-refractivity contribution in [1.29, 1.82) is 5.26 Å². The lowest BCUT2D eigenvalue weighted by Crippen LogP contribution is -2.16. The van der Waals surface area contributed by atoms with Crippen molar-refractivity contribution in [3.63, 3.8) is 0 Å². The fourth-order valence-corrected chi connectivity index (χ4v) is 2.30. The highest BCUT2D eigenvalue weighted by atomic mass is 32.2. The predicted octanol–water partition coefficient (Wildman–Crippen LogP) is 3.90. The molecule has 1 aromatic carbocycles. The smallest absolute Gasteiger partial charge is 0.446 e. The molecule has 120 valence electrons. The molecule has 3 nitrogen and oxygen atoms in total. The molecule has 0 aliphatic rings. The minimum absolute atomic E-state index is 0.488. The Morgan fingerprint density at radius 2 is 1.86 bits per heavy atom. The molecule has 0 unspecified atom stereocenters. The minimum Gasteiger partial charge on any atom is -0.469 e. The third kappa shape index (κ3) is 4.84. The Labute approximate surface area is 124 Å². The second-order valence-corrected chi connectivity index (χ2v) is 5.05. The van der Waals surface area contributed by atoms with Crippen LogP contribution in [0.4, 0.5) is 26.3 Å². The van der Waals surface area contributed by atoms with Crippen LogP contribution in [0.15, 0.2) is 17.0 Å². The van der Waals surface area contributed by atoms with Crippen molar-refractivity contribution in [2.75, 3.05) is 7.11 Å². The summed E-state index contributed by atoms with van der Waals surface area (Å²) in [7, 11) is 0.926. The molecule has 0 aliphatic heterocycles. The lowest BCUT2D eigenvalue weighted by atomic mass is 9.99. The van der Waals surface area contributed by atoms with E-state index in [1.165, 1.54) is 6.07 Å². The van der Waals surface area contributed by atoms with E-state index >= 15 is 0 Å². The summed E-state index contributed by atoms with van der Waals surface area (Å²) < 4.78 is 80.2. The van der Waals surface area contributed by atoms with Gasteiger partial charge in [-0.2, -0.15) is 31.6 Å². The summed E-state index contributed by atoms with van der Waals surface area (Å²) in [5.41, 5.74) is -7.91. The second kappa shape index (κ2) is 6.48. The van der Waals surface area contributed by atoms with Crippen LogP contribution >= 0.6 is 11.8 Å². The fourth-order valence-electron chi connectivity index (χ4n) is 1.66. The van der Waals surface area contributed by atoms with Crippen LogP contribution in [0.5, 0.6) is 0 Å². The lowest BCUT2D eigenvalue weighted by Gasteiger charge is -2.16. The van der Waals surface area contributed by atoms with Crippen molar-refractivity contribution in [3.8, 4) is 6.07 Å². The predicted molar refractivity (Wildman–Crippen MR) is 63.8 cm³/mol. The van der Waals surface area contributed by atoms with Crippen molar-refractivity contribution in [2.24, 2.45) is 0 Å². The van der Waals surface area contributed by atoms with Crippen LogP contribution in [0.3, 0.4) is 0 Å². The Hall–Kier alpha value is -1.89. The van der Waals surface area contributed by atoms with Crippen LogP contribution in [0.25, 0.3) is 0 Å². The highest BCUT2D eigenvalue weighted by Gasteiger charge is 2.38. The van der Waals surface area contributed by atoms with Gasteiger partial charge in [-0.05, 0) is 29.5 Å².